The van der Waals surface area contributed by atoms with Gasteiger partial charge in [0.1, 0.15) is 0 Å². The number of piperidine rings is 1. The molecule has 2 unspecified atom stereocenters. The minimum Gasteiger partial charge on any atom is -0.298 e. The third-order valence-electron chi connectivity index (χ3n) is 3.55. The van der Waals surface area contributed by atoms with Gasteiger partial charge in [-0.1, -0.05) is 46.6 Å². The monoisotopic (exact) mass is 315 g/mol. The Morgan fingerprint density at radius 1 is 1.47 bits per heavy atom. The van der Waals surface area contributed by atoms with Crippen molar-refractivity contribution >= 4 is 27.5 Å². The fraction of sp³-hybridized carbons (Fsp3) is 0.571. The SMILES string of the molecule is Cc1ccc(CN2CCC(C)C(Br)C2)c(Cl)c1. The second-order valence-corrected chi connectivity index (χ2v) is 6.70. The molecule has 0 spiro atoms. The topological polar surface area (TPSA) is 3.24 Å². The van der Waals surface area contributed by atoms with Crippen molar-refractivity contribution in [2.45, 2.75) is 31.6 Å². The van der Waals surface area contributed by atoms with Gasteiger partial charge in [0.15, 0.2) is 0 Å². The van der Waals surface area contributed by atoms with E-state index in [0.717, 1.165) is 24.0 Å². The Hall–Kier alpha value is -0.0500. The van der Waals surface area contributed by atoms with Gasteiger partial charge in [-0.15, -0.1) is 0 Å². The first-order valence-corrected chi connectivity index (χ1v) is 7.47. The molecule has 1 saturated heterocycles. The normalized spacial score (nSPS) is 26.1. The molecule has 3 heteroatoms. The number of aryl methyl sites for hydroxylation is 1. The molecule has 0 saturated carbocycles. The molecule has 0 bridgehead atoms. The van der Waals surface area contributed by atoms with Gasteiger partial charge in [0.05, 0.1) is 0 Å². The zero-order chi connectivity index (χ0) is 12.4. The molecule has 0 N–H and O–H groups in total. The number of rotatable bonds is 2. The van der Waals surface area contributed by atoms with E-state index in [4.69, 9.17) is 11.6 Å². The van der Waals surface area contributed by atoms with E-state index in [9.17, 15) is 0 Å². The summed E-state index contributed by atoms with van der Waals surface area (Å²) in [6, 6.07) is 6.34. The second-order valence-electron chi connectivity index (χ2n) is 5.11. The van der Waals surface area contributed by atoms with Crippen LogP contribution in [-0.2, 0) is 6.54 Å². The van der Waals surface area contributed by atoms with E-state index in [1.165, 1.54) is 24.1 Å². The van der Waals surface area contributed by atoms with Gasteiger partial charge in [0.25, 0.3) is 0 Å². The number of nitrogens with zero attached hydrogens (tertiary/aromatic N) is 1. The predicted octanol–water partition coefficient (Wildman–Crippen LogP) is 4.25. The Balaban J connectivity index is 2.01. The summed E-state index contributed by atoms with van der Waals surface area (Å²) in [4.78, 5) is 3.09. The fourth-order valence-corrected chi connectivity index (χ4v) is 3.22. The van der Waals surface area contributed by atoms with Crippen molar-refractivity contribution in [2.75, 3.05) is 13.1 Å². The van der Waals surface area contributed by atoms with E-state index in [0.29, 0.717) is 4.83 Å². The van der Waals surface area contributed by atoms with Crippen molar-refractivity contribution in [1.29, 1.82) is 0 Å². The molecule has 17 heavy (non-hydrogen) atoms. The van der Waals surface area contributed by atoms with Crippen LogP contribution in [0.2, 0.25) is 5.02 Å². The Morgan fingerprint density at radius 2 is 2.24 bits per heavy atom. The van der Waals surface area contributed by atoms with Gasteiger partial charge in [0, 0.05) is 22.9 Å². The van der Waals surface area contributed by atoms with Crippen LogP contribution in [0.5, 0.6) is 0 Å². The second kappa shape index (κ2) is 5.73. The highest BCUT2D eigenvalue weighted by atomic mass is 79.9. The highest BCUT2D eigenvalue weighted by molar-refractivity contribution is 9.09. The largest absolute Gasteiger partial charge is 0.298 e. The molecule has 1 fully saturated rings. The van der Waals surface area contributed by atoms with Crippen molar-refractivity contribution in [2.24, 2.45) is 5.92 Å². The molecule has 1 aliphatic heterocycles. The number of likely N-dealkylation sites (tertiary alicyclic amines) is 1. The average Bonchev–Trinajstić information content (AvgIpc) is 2.27. The molecule has 0 aromatic heterocycles. The van der Waals surface area contributed by atoms with E-state index >= 15 is 0 Å². The highest BCUT2D eigenvalue weighted by Gasteiger charge is 2.24. The Kier molecular flexibility index (Phi) is 4.51. The molecule has 1 aromatic rings. The number of hydrogen-bond acceptors (Lipinski definition) is 1. The predicted molar refractivity (Wildman–Crippen MR) is 78.0 cm³/mol. The summed E-state index contributed by atoms with van der Waals surface area (Å²) < 4.78 is 0. The third-order valence-corrected chi connectivity index (χ3v) is 5.10. The van der Waals surface area contributed by atoms with Crippen LogP contribution < -0.4 is 0 Å². The van der Waals surface area contributed by atoms with Crippen LogP contribution in [0.15, 0.2) is 18.2 Å². The van der Waals surface area contributed by atoms with Crippen LogP contribution >= 0.6 is 27.5 Å². The lowest BCUT2D eigenvalue weighted by Crippen LogP contribution is -2.39. The summed E-state index contributed by atoms with van der Waals surface area (Å²) in [6.45, 7) is 7.65. The number of halogens is 2. The number of alkyl halides is 1. The van der Waals surface area contributed by atoms with Crippen molar-refractivity contribution in [3.63, 3.8) is 0 Å². The molecule has 0 radical (unpaired) electrons. The van der Waals surface area contributed by atoms with E-state index in [1.807, 2.05) is 0 Å². The van der Waals surface area contributed by atoms with Crippen LogP contribution in [-0.4, -0.2) is 22.8 Å². The molecular formula is C14H19BrClN. The quantitative estimate of drug-likeness (QED) is 0.737. The van der Waals surface area contributed by atoms with Crippen LogP contribution in [0.25, 0.3) is 0 Å². The summed E-state index contributed by atoms with van der Waals surface area (Å²) in [7, 11) is 0. The molecular weight excluding hydrogens is 298 g/mol. The minimum atomic E-state index is 0.612. The van der Waals surface area contributed by atoms with Crippen LogP contribution in [0.4, 0.5) is 0 Å². The van der Waals surface area contributed by atoms with Gasteiger partial charge < -0.3 is 0 Å². The summed E-state index contributed by atoms with van der Waals surface area (Å²) in [5.41, 5.74) is 2.47. The fourth-order valence-electron chi connectivity index (χ4n) is 2.25. The molecule has 1 nitrogen and oxygen atoms in total. The van der Waals surface area contributed by atoms with Gasteiger partial charge in [-0.05, 0) is 43.0 Å². The van der Waals surface area contributed by atoms with Crippen molar-refractivity contribution in [3.8, 4) is 0 Å². The maximum atomic E-state index is 6.28. The van der Waals surface area contributed by atoms with Crippen molar-refractivity contribution in [3.05, 3.63) is 34.3 Å². The van der Waals surface area contributed by atoms with Crippen molar-refractivity contribution < 1.29 is 0 Å². The van der Waals surface area contributed by atoms with Crippen LogP contribution in [0.1, 0.15) is 24.5 Å². The summed E-state index contributed by atoms with van der Waals surface area (Å²) in [6.07, 6.45) is 1.26. The zero-order valence-electron chi connectivity index (χ0n) is 10.4. The van der Waals surface area contributed by atoms with Gasteiger partial charge in [-0.25, -0.2) is 0 Å². The van der Waals surface area contributed by atoms with Crippen molar-refractivity contribution in [1.82, 2.24) is 4.90 Å². The lowest BCUT2D eigenvalue weighted by Gasteiger charge is -2.34. The van der Waals surface area contributed by atoms with Gasteiger partial charge in [0.2, 0.25) is 0 Å². The molecule has 1 heterocycles. The highest BCUT2D eigenvalue weighted by Crippen LogP contribution is 2.26. The van der Waals surface area contributed by atoms with E-state index in [1.54, 1.807) is 0 Å². The molecule has 1 aromatic carbocycles. The molecule has 0 aliphatic carbocycles. The van der Waals surface area contributed by atoms with Crippen LogP contribution in [0, 0.1) is 12.8 Å². The molecule has 0 amide bonds. The zero-order valence-corrected chi connectivity index (χ0v) is 12.8. The molecule has 94 valence electrons. The lowest BCUT2D eigenvalue weighted by molar-refractivity contribution is 0.194. The Labute approximate surface area is 117 Å². The molecule has 2 rings (SSSR count). The third kappa shape index (κ3) is 3.46. The van der Waals surface area contributed by atoms with Gasteiger partial charge in [-0.2, -0.15) is 0 Å². The van der Waals surface area contributed by atoms with E-state index in [2.05, 4.69) is 52.9 Å². The maximum Gasteiger partial charge on any atom is 0.0453 e. The average molecular weight is 317 g/mol. The van der Waals surface area contributed by atoms with E-state index in [-0.39, 0.29) is 0 Å². The first kappa shape index (κ1) is 13.4. The first-order valence-electron chi connectivity index (χ1n) is 6.17. The van der Waals surface area contributed by atoms with E-state index < -0.39 is 0 Å². The Morgan fingerprint density at radius 3 is 2.88 bits per heavy atom. The van der Waals surface area contributed by atoms with Gasteiger partial charge >= 0.3 is 0 Å². The Bertz CT molecular complexity index is 394. The minimum absolute atomic E-state index is 0.612. The molecule has 2 atom stereocenters. The number of benzene rings is 1. The molecule has 1 aliphatic rings. The van der Waals surface area contributed by atoms with Crippen LogP contribution in [0.3, 0.4) is 0 Å². The summed E-state index contributed by atoms with van der Waals surface area (Å²) in [5, 5.41) is 0.898. The lowest BCUT2D eigenvalue weighted by atomic mass is 9.98. The smallest absolute Gasteiger partial charge is 0.0453 e. The summed E-state index contributed by atoms with van der Waals surface area (Å²) >= 11 is 10.0. The first-order chi connectivity index (χ1) is 8.06. The van der Waals surface area contributed by atoms with Gasteiger partial charge in [-0.3, -0.25) is 4.90 Å². The summed E-state index contributed by atoms with van der Waals surface area (Å²) in [5.74, 6) is 0.778. The standard InChI is InChI=1S/C14H19BrClN/c1-10-3-4-12(14(16)7-10)8-17-6-5-11(2)13(15)9-17/h3-4,7,11,13H,5-6,8-9H2,1-2H3. The maximum absolute atomic E-state index is 6.28. The number of hydrogen-bond donors (Lipinski definition) is 0.